The minimum Gasteiger partial charge on any atom is -0.361 e. The fourth-order valence-electron chi connectivity index (χ4n) is 3.86. The first-order chi connectivity index (χ1) is 15.4. The van der Waals surface area contributed by atoms with Gasteiger partial charge in [0, 0.05) is 42.2 Å². The van der Waals surface area contributed by atoms with Gasteiger partial charge in [-0.2, -0.15) is 5.10 Å². The van der Waals surface area contributed by atoms with Gasteiger partial charge in [-0.15, -0.1) is 0 Å². The fourth-order valence-corrected chi connectivity index (χ4v) is 3.86. The molecule has 0 saturated carbocycles. The van der Waals surface area contributed by atoms with Gasteiger partial charge in [0.15, 0.2) is 6.29 Å². The van der Waals surface area contributed by atoms with E-state index in [2.05, 4.69) is 31.3 Å². The lowest BCUT2D eigenvalue weighted by Gasteiger charge is -2.31. The average molecular weight is 438 g/mol. The fraction of sp³-hybridized carbons (Fsp3) is 0.364. The molecule has 2 unspecified atom stereocenters. The topological polar surface area (TPSA) is 133 Å². The minimum absolute atomic E-state index is 0.00891. The molecule has 1 aromatic carbocycles. The number of aromatic nitrogens is 3. The van der Waals surface area contributed by atoms with E-state index in [4.69, 9.17) is 0 Å². The van der Waals surface area contributed by atoms with Crippen molar-refractivity contribution in [1.29, 1.82) is 0 Å². The summed E-state index contributed by atoms with van der Waals surface area (Å²) in [6.45, 7) is 4.09. The highest BCUT2D eigenvalue weighted by atomic mass is 16.2. The Kier molecular flexibility index (Phi) is 6.22. The van der Waals surface area contributed by atoms with E-state index in [1.165, 1.54) is 4.68 Å². The number of rotatable bonds is 6. The van der Waals surface area contributed by atoms with Gasteiger partial charge in [0.1, 0.15) is 5.82 Å². The summed E-state index contributed by atoms with van der Waals surface area (Å²) >= 11 is 0. The molecule has 3 heterocycles. The van der Waals surface area contributed by atoms with Crippen LogP contribution >= 0.6 is 0 Å². The summed E-state index contributed by atoms with van der Waals surface area (Å²) in [5.41, 5.74) is 2.75. The van der Waals surface area contributed by atoms with Gasteiger partial charge in [-0.1, -0.05) is 25.1 Å². The number of hydrogen-bond donors (Lipinski definition) is 5. The Morgan fingerprint density at radius 3 is 2.88 bits per heavy atom. The van der Waals surface area contributed by atoms with Crippen molar-refractivity contribution in [3.63, 3.8) is 0 Å². The second-order valence-electron chi connectivity index (χ2n) is 7.88. The van der Waals surface area contributed by atoms with Crippen molar-refractivity contribution in [2.24, 2.45) is 0 Å². The van der Waals surface area contributed by atoms with Crippen molar-refractivity contribution in [2.45, 2.75) is 45.4 Å². The van der Waals surface area contributed by atoms with Crippen molar-refractivity contribution < 1.29 is 14.4 Å². The molecule has 3 aromatic rings. The van der Waals surface area contributed by atoms with Crippen LogP contribution in [0.15, 0.2) is 36.5 Å². The van der Waals surface area contributed by atoms with E-state index >= 15 is 0 Å². The Labute approximate surface area is 185 Å². The summed E-state index contributed by atoms with van der Waals surface area (Å²) in [7, 11) is 0. The largest absolute Gasteiger partial charge is 0.361 e. The van der Waals surface area contributed by atoms with E-state index < -0.39 is 18.1 Å². The van der Waals surface area contributed by atoms with Crippen LogP contribution < -0.4 is 21.3 Å². The van der Waals surface area contributed by atoms with E-state index in [9.17, 15) is 14.4 Å². The summed E-state index contributed by atoms with van der Waals surface area (Å²) in [6, 6.07) is 9.58. The molecule has 168 valence electrons. The molecular formula is C22H27N7O3. The zero-order valence-corrected chi connectivity index (χ0v) is 18.1. The molecule has 0 radical (unpaired) electrons. The first-order valence-corrected chi connectivity index (χ1v) is 10.7. The van der Waals surface area contributed by atoms with Crippen molar-refractivity contribution in [3.05, 3.63) is 47.8 Å². The Hall–Kier alpha value is -3.66. The molecular weight excluding hydrogens is 410 g/mol. The third-order valence-corrected chi connectivity index (χ3v) is 5.52. The Morgan fingerprint density at radius 2 is 2.06 bits per heavy atom. The number of nitrogens with zero attached hydrogens (tertiary/aromatic N) is 2. The Balaban J connectivity index is 1.36. The van der Waals surface area contributed by atoms with Gasteiger partial charge >= 0.3 is 11.8 Å². The van der Waals surface area contributed by atoms with E-state index in [0.717, 1.165) is 22.9 Å². The number of benzene rings is 1. The molecule has 2 aromatic heterocycles. The molecule has 0 bridgehead atoms. The van der Waals surface area contributed by atoms with E-state index in [1.807, 2.05) is 37.4 Å². The van der Waals surface area contributed by atoms with Gasteiger partial charge in [0.05, 0.1) is 5.69 Å². The number of anilines is 1. The number of carbonyl (C=O) groups is 3. The number of aromatic amines is 1. The third-order valence-electron chi connectivity index (χ3n) is 5.52. The van der Waals surface area contributed by atoms with Crippen molar-refractivity contribution in [1.82, 2.24) is 30.7 Å². The number of H-pyrrole nitrogens is 1. The van der Waals surface area contributed by atoms with Crippen molar-refractivity contribution in [3.8, 4) is 0 Å². The second kappa shape index (κ2) is 9.23. The predicted molar refractivity (Wildman–Crippen MR) is 120 cm³/mol. The zero-order valence-electron chi connectivity index (χ0n) is 18.1. The summed E-state index contributed by atoms with van der Waals surface area (Å²) < 4.78 is 1.48. The number of carbonyl (C=O) groups excluding carboxylic acids is 3. The smallest absolute Gasteiger partial charge is 0.314 e. The quantitative estimate of drug-likeness (QED) is 0.371. The molecule has 0 spiro atoms. The number of para-hydroxylation sites is 1. The van der Waals surface area contributed by atoms with Crippen LogP contribution in [0.4, 0.5) is 5.82 Å². The lowest BCUT2D eigenvalue weighted by atomic mass is 10.1. The molecule has 32 heavy (non-hydrogen) atoms. The molecule has 1 fully saturated rings. The van der Waals surface area contributed by atoms with Crippen molar-refractivity contribution >= 4 is 34.4 Å². The first-order valence-electron chi connectivity index (χ1n) is 10.7. The van der Waals surface area contributed by atoms with Gasteiger partial charge in [-0.3, -0.25) is 19.7 Å². The van der Waals surface area contributed by atoms with Crippen LogP contribution in [0.1, 0.15) is 37.3 Å². The highest BCUT2D eigenvalue weighted by Gasteiger charge is 2.28. The molecule has 1 aliphatic rings. The van der Waals surface area contributed by atoms with Crippen LogP contribution in [0, 0.1) is 6.92 Å². The summed E-state index contributed by atoms with van der Waals surface area (Å²) in [6.07, 6.45) is 3.07. The molecule has 0 aliphatic carbocycles. The van der Waals surface area contributed by atoms with Gasteiger partial charge in [0.25, 0.3) is 0 Å². The summed E-state index contributed by atoms with van der Waals surface area (Å²) in [5, 5.41) is 16.8. The molecule has 2 atom stereocenters. The van der Waals surface area contributed by atoms with Crippen molar-refractivity contribution in [2.75, 3.05) is 11.9 Å². The summed E-state index contributed by atoms with van der Waals surface area (Å²) in [5.74, 6) is -1.29. The molecule has 10 nitrogen and oxygen atoms in total. The second-order valence-corrected chi connectivity index (χ2v) is 7.88. The maximum Gasteiger partial charge on any atom is 0.314 e. The summed E-state index contributed by atoms with van der Waals surface area (Å²) in [4.78, 5) is 40.0. The molecule has 1 aliphatic heterocycles. The van der Waals surface area contributed by atoms with Crippen LogP contribution in [-0.2, 0) is 20.8 Å². The first kappa shape index (κ1) is 21.6. The van der Waals surface area contributed by atoms with E-state index in [-0.39, 0.29) is 11.9 Å². The van der Waals surface area contributed by atoms with Gasteiger partial charge in [0.2, 0.25) is 5.91 Å². The lowest BCUT2D eigenvalue weighted by molar-refractivity contribution is -0.136. The maximum atomic E-state index is 12.5. The molecule has 10 heteroatoms. The van der Waals surface area contributed by atoms with Crippen LogP contribution in [0.2, 0.25) is 0 Å². The number of amides is 3. The normalized spacial score (nSPS) is 18.4. The Bertz CT molecular complexity index is 1150. The highest BCUT2D eigenvalue weighted by molar-refractivity contribution is 6.39. The molecule has 3 amide bonds. The molecule has 5 N–H and O–H groups in total. The maximum absolute atomic E-state index is 12.5. The standard InChI is InChI=1S/C22H27N7O3/c1-3-15-11-19(30)27-22(25-15)29-18(10-13(2)28-29)26-21(32)20(31)23-9-8-14-12-24-17-7-5-4-6-16(14)17/h4-7,10,12,15,22,24-25H,3,8-9,11H2,1-2H3,(H,23,31)(H,26,32)(H,27,30). The number of aryl methyl sites for hydroxylation is 1. The monoisotopic (exact) mass is 437 g/mol. The van der Waals surface area contributed by atoms with E-state index in [0.29, 0.717) is 30.9 Å². The van der Waals surface area contributed by atoms with Gasteiger partial charge in [-0.05, 0) is 31.4 Å². The minimum atomic E-state index is -0.792. The van der Waals surface area contributed by atoms with Gasteiger partial charge < -0.3 is 20.9 Å². The Morgan fingerprint density at radius 1 is 1.25 bits per heavy atom. The van der Waals surface area contributed by atoms with E-state index in [1.54, 1.807) is 13.0 Å². The van der Waals surface area contributed by atoms with Gasteiger partial charge in [-0.25, -0.2) is 4.68 Å². The predicted octanol–water partition coefficient (Wildman–Crippen LogP) is 1.31. The average Bonchev–Trinajstić information content (AvgIpc) is 3.36. The van der Waals surface area contributed by atoms with Crippen LogP contribution in [-0.4, -0.2) is 45.1 Å². The third kappa shape index (κ3) is 4.65. The van der Waals surface area contributed by atoms with Crippen LogP contribution in [0.5, 0.6) is 0 Å². The number of hydrogen-bond acceptors (Lipinski definition) is 5. The zero-order chi connectivity index (χ0) is 22.7. The number of fused-ring (bicyclic) bond motifs is 1. The highest BCUT2D eigenvalue weighted by Crippen LogP contribution is 2.19. The molecule has 4 rings (SSSR count). The lowest BCUT2D eigenvalue weighted by Crippen LogP contribution is -2.53. The SMILES string of the molecule is CCC1CC(=O)NC(n2nc(C)cc2NC(=O)C(=O)NCCc2c[nH]c3ccccc23)N1. The molecule has 1 saturated heterocycles. The number of nitrogens with one attached hydrogen (secondary N) is 5. The van der Waals surface area contributed by atoms with Crippen LogP contribution in [0.25, 0.3) is 10.9 Å². The van der Waals surface area contributed by atoms with Crippen LogP contribution in [0.3, 0.4) is 0 Å².